The van der Waals surface area contributed by atoms with Crippen molar-refractivity contribution in [3.63, 3.8) is 0 Å². The van der Waals surface area contributed by atoms with Gasteiger partial charge in [-0.3, -0.25) is 0 Å². The number of rotatable bonds is 6. The van der Waals surface area contributed by atoms with Crippen molar-refractivity contribution < 1.29 is 0 Å². The fourth-order valence-electron chi connectivity index (χ4n) is 1.72. The predicted octanol–water partition coefficient (Wildman–Crippen LogP) is 2.98. The molecule has 6 heteroatoms. The van der Waals surface area contributed by atoms with E-state index in [1.807, 2.05) is 24.7 Å². The highest BCUT2D eigenvalue weighted by Gasteiger charge is 2.08. The Labute approximate surface area is 117 Å². The van der Waals surface area contributed by atoms with E-state index in [4.69, 9.17) is 0 Å². The van der Waals surface area contributed by atoms with E-state index < -0.39 is 0 Å². The molecule has 2 N–H and O–H groups in total. The van der Waals surface area contributed by atoms with E-state index in [2.05, 4.69) is 32.5 Å². The minimum absolute atomic E-state index is 0.689. The third-order valence-electron chi connectivity index (χ3n) is 2.72. The summed E-state index contributed by atoms with van der Waals surface area (Å²) in [6, 6.07) is 0. The van der Waals surface area contributed by atoms with Gasteiger partial charge in [-0.25, -0.2) is 15.0 Å². The number of hydrogen-bond acceptors (Lipinski definition) is 6. The Morgan fingerprint density at radius 1 is 1.16 bits per heavy atom. The molecule has 5 nitrogen and oxygen atoms in total. The standard InChI is InChI=1S/C13H19N5S/c1-4-5-14-12-9(2)13(18-10(3)17-12)15-6-11-7-19-8-16-11/h7-8H,4-6H2,1-3H3,(H2,14,15,17,18). The van der Waals surface area contributed by atoms with E-state index in [1.165, 1.54) is 0 Å². The highest BCUT2D eigenvalue weighted by atomic mass is 32.1. The summed E-state index contributed by atoms with van der Waals surface area (Å²) in [5.74, 6) is 2.55. The SMILES string of the molecule is CCCNc1nc(C)nc(NCc2cscn2)c1C. The van der Waals surface area contributed by atoms with Gasteiger partial charge in [-0.1, -0.05) is 6.92 Å². The maximum Gasteiger partial charge on any atom is 0.135 e. The zero-order chi connectivity index (χ0) is 13.7. The maximum atomic E-state index is 4.45. The van der Waals surface area contributed by atoms with Crippen molar-refractivity contribution in [3.8, 4) is 0 Å². The summed E-state index contributed by atoms with van der Waals surface area (Å²) in [7, 11) is 0. The third kappa shape index (κ3) is 3.64. The van der Waals surface area contributed by atoms with Crippen LogP contribution in [0.2, 0.25) is 0 Å². The van der Waals surface area contributed by atoms with Crippen LogP contribution in [-0.2, 0) is 6.54 Å². The first kappa shape index (κ1) is 13.7. The van der Waals surface area contributed by atoms with Crippen molar-refractivity contribution >= 4 is 23.0 Å². The second-order valence-corrected chi connectivity index (χ2v) is 5.07. The second kappa shape index (κ2) is 6.47. The van der Waals surface area contributed by atoms with Gasteiger partial charge in [0.2, 0.25) is 0 Å². The molecule has 0 fully saturated rings. The summed E-state index contributed by atoms with van der Waals surface area (Å²) in [6.07, 6.45) is 1.07. The highest BCUT2D eigenvalue weighted by molar-refractivity contribution is 7.07. The van der Waals surface area contributed by atoms with Crippen molar-refractivity contribution in [1.29, 1.82) is 0 Å². The average molecular weight is 277 g/mol. The number of nitrogens with one attached hydrogen (secondary N) is 2. The lowest BCUT2D eigenvalue weighted by Gasteiger charge is -2.13. The summed E-state index contributed by atoms with van der Waals surface area (Å²) in [4.78, 5) is 13.1. The number of hydrogen-bond donors (Lipinski definition) is 2. The van der Waals surface area contributed by atoms with Gasteiger partial charge in [0, 0.05) is 17.5 Å². The molecule has 0 aliphatic heterocycles. The number of aryl methyl sites for hydroxylation is 1. The van der Waals surface area contributed by atoms with E-state index in [0.29, 0.717) is 6.54 Å². The van der Waals surface area contributed by atoms with Gasteiger partial charge in [0.05, 0.1) is 17.7 Å². The molecule has 2 aromatic rings. The van der Waals surface area contributed by atoms with Gasteiger partial charge >= 0.3 is 0 Å². The normalized spacial score (nSPS) is 10.5. The van der Waals surface area contributed by atoms with Crippen LogP contribution < -0.4 is 10.6 Å². The predicted molar refractivity (Wildman–Crippen MR) is 79.7 cm³/mol. The van der Waals surface area contributed by atoms with Crippen LogP contribution in [0.1, 0.15) is 30.4 Å². The minimum atomic E-state index is 0.689. The molecule has 0 saturated heterocycles. The Bertz CT molecular complexity index is 524. The van der Waals surface area contributed by atoms with Crippen LogP contribution in [0.3, 0.4) is 0 Å². The summed E-state index contributed by atoms with van der Waals surface area (Å²) < 4.78 is 0. The first-order chi connectivity index (χ1) is 9.20. The Morgan fingerprint density at radius 2 is 1.89 bits per heavy atom. The summed E-state index contributed by atoms with van der Waals surface area (Å²) in [5.41, 5.74) is 3.92. The first-order valence-corrected chi connectivity index (χ1v) is 7.35. The lowest BCUT2D eigenvalue weighted by atomic mass is 10.3. The molecule has 0 amide bonds. The molecule has 0 saturated carbocycles. The fraction of sp³-hybridized carbons (Fsp3) is 0.462. The molecule has 19 heavy (non-hydrogen) atoms. The summed E-state index contributed by atoms with van der Waals surface area (Å²) >= 11 is 1.60. The highest BCUT2D eigenvalue weighted by Crippen LogP contribution is 2.20. The monoisotopic (exact) mass is 277 g/mol. The number of thiazole rings is 1. The third-order valence-corrected chi connectivity index (χ3v) is 3.36. The van der Waals surface area contributed by atoms with Crippen LogP contribution in [0, 0.1) is 13.8 Å². The molecule has 0 spiro atoms. The van der Waals surface area contributed by atoms with Gasteiger partial charge in [-0.05, 0) is 20.3 Å². The van der Waals surface area contributed by atoms with Crippen LogP contribution in [0.25, 0.3) is 0 Å². The Kier molecular flexibility index (Phi) is 4.68. The largest absolute Gasteiger partial charge is 0.370 e. The molecule has 102 valence electrons. The first-order valence-electron chi connectivity index (χ1n) is 6.40. The van der Waals surface area contributed by atoms with E-state index >= 15 is 0 Å². The van der Waals surface area contributed by atoms with Crippen molar-refractivity contribution in [2.45, 2.75) is 33.7 Å². The van der Waals surface area contributed by atoms with Crippen LogP contribution in [0.5, 0.6) is 0 Å². The van der Waals surface area contributed by atoms with E-state index in [9.17, 15) is 0 Å². The van der Waals surface area contributed by atoms with Crippen LogP contribution in [-0.4, -0.2) is 21.5 Å². The van der Waals surface area contributed by atoms with Gasteiger partial charge in [0.1, 0.15) is 17.5 Å². The smallest absolute Gasteiger partial charge is 0.135 e. The van der Waals surface area contributed by atoms with Gasteiger partial charge in [0.25, 0.3) is 0 Å². The van der Waals surface area contributed by atoms with Crippen molar-refractivity contribution in [2.24, 2.45) is 0 Å². The zero-order valence-electron chi connectivity index (χ0n) is 11.5. The quantitative estimate of drug-likeness (QED) is 0.850. The van der Waals surface area contributed by atoms with Crippen LogP contribution in [0.4, 0.5) is 11.6 Å². The van der Waals surface area contributed by atoms with E-state index in [1.54, 1.807) is 11.3 Å². The maximum absolute atomic E-state index is 4.45. The van der Waals surface area contributed by atoms with E-state index in [-0.39, 0.29) is 0 Å². The Hall–Kier alpha value is -1.69. The summed E-state index contributed by atoms with van der Waals surface area (Å²) in [5, 5.41) is 8.69. The zero-order valence-corrected chi connectivity index (χ0v) is 12.3. The molecular formula is C13H19N5S. The van der Waals surface area contributed by atoms with E-state index in [0.717, 1.165) is 41.7 Å². The van der Waals surface area contributed by atoms with Gasteiger partial charge in [-0.2, -0.15) is 0 Å². The number of aromatic nitrogens is 3. The molecular weight excluding hydrogens is 258 g/mol. The molecule has 0 aromatic carbocycles. The lowest BCUT2D eigenvalue weighted by Crippen LogP contribution is -2.10. The van der Waals surface area contributed by atoms with Crippen molar-refractivity contribution in [3.05, 3.63) is 28.0 Å². The lowest BCUT2D eigenvalue weighted by molar-refractivity contribution is 0.940. The Morgan fingerprint density at radius 3 is 2.53 bits per heavy atom. The van der Waals surface area contributed by atoms with Crippen molar-refractivity contribution in [2.75, 3.05) is 17.2 Å². The molecule has 2 rings (SSSR count). The van der Waals surface area contributed by atoms with Crippen LogP contribution in [0.15, 0.2) is 10.9 Å². The summed E-state index contributed by atoms with van der Waals surface area (Å²) in [6.45, 7) is 7.68. The number of anilines is 2. The molecule has 0 aliphatic rings. The molecule has 0 atom stereocenters. The molecule has 0 unspecified atom stereocenters. The molecule has 2 heterocycles. The topological polar surface area (TPSA) is 62.7 Å². The second-order valence-electron chi connectivity index (χ2n) is 4.35. The molecule has 0 bridgehead atoms. The van der Waals surface area contributed by atoms with Crippen LogP contribution >= 0.6 is 11.3 Å². The molecule has 2 aromatic heterocycles. The minimum Gasteiger partial charge on any atom is -0.370 e. The average Bonchev–Trinajstić information content (AvgIpc) is 2.91. The fourth-order valence-corrected chi connectivity index (χ4v) is 2.27. The van der Waals surface area contributed by atoms with Gasteiger partial charge in [0.15, 0.2) is 0 Å². The number of nitrogens with zero attached hydrogens (tertiary/aromatic N) is 3. The Balaban J connectivity index is 2.12. The van der Waals surface area contributed by atoms with Crippen molar-refractivity contribution in [1.82, 2.24) is 15.0 Å². The van der Waals surface area contributed by atoms with Gasteiger partial charge < -0.3 is 10.6 Å². The molecule has 0 radical (unpaired) electrons. The van der Waals surface area contributed by atoms with Gasteiger partial charge in [-0.15, -0.1) is 11.3 Å². The molecule has 0 aliphatic carbocycles.